The highest BCUT2D eigenvalue weighted by molar-refractivity contribution is 5.96. The van der Waals surface area contributed by atoms with E-state index < -0.39 is 0 Å². The largest absolute Gasteiger partial charge is 0.369 e. The molecule has 0 saturated carbocycles. The van der Waals surface area contributed by atoms with Gasteiger partial charge in [-0.05, 0) is 46.2 Å². The standard InChI is InChI=1S/C22H31N3/c1-21(2,3)16-10-8-12-18(14-16)24-20(23)25(7)19-13-9-11-17(15-19)22(4,5)6/h8-15H,1-7H3,(H2,23,24). The van der Waals surface area contributed by atoms with Crippen LogP contribution in [-0.2, 0) is 10.8 Å². The van der Waals surface area contributed by atoms with E-state index in [4.69, 9.17) is 5.73 Å². The van der Waals surface area contributed by atoms with Crippen molar-refractivity contribution in [1.29, 1.82) is 0 Å². The Bertz CT molecular complexity index is 761. The highest BCUT2D eigenvalue weighted by Crippen LogP contribution is 2.27. The maximum atomic E-state index is 6.28. The Labute approximate surface area is 152 Å². The molecule has 0 fully saturated rings. The molecule has 0 unspecified atom stereocenters. The third kappa shape index (κ3) is 4.85. The van der Waals surface area contributed by atoms with E-state index >= 15 is 0 Å². The van der Waals surface area contributed by atoms with Gasteiger partial charge in [0, 0.05) is 12.7 Å². The SMILES string of the molecule is CN(C(N)=Nc1cccc(C(C)(C)C)c1)c1cccc(C(C)(C)C)c1. The Balaban J connectivity index is 2.31. The number of hydrogen-bond donors (Lipinski definition) is 1. The minimum atomic E-state index is 0.0905. The van der Waals surface area contributed by atoms with E-state index in [2.05, 4.69) is 82.9 Å². The fourth-order valence-electron chi connectivity index (χ4n) is 2.56. The smallest absolute Gasteiger partial charge is 0.200 e. The molecule has 25 heavy (non-hydrogen) atoms. The second-order valence-corrected chi connectivity index (χ2v) is 8.63. The number of guanidine groups is 1. The van der Waals surface area contributed by atoms with Crippen LogP contribution in [-0.4, -0.2) is 13.0 Å². The second-order valence-electron chi connectivity index (χ2n) is 8.63. The molecule has 0 spiro atoms. The van der Waals surface area contributed by atoms with Gasteiger partial charge in [0.15, 0.2) is 0 Å². The van der Waals surface area contributed by atoms with Gasteiger partial charge in [-0.3, -0.25) is 0 Å². The summed E-state index contributed by atoms with van der Waals surface area (Å²) in [5.74, 6) is 0.483. The van der Waals surface area contributed by atoms with E-state index in [1.807, 2.05) is 24.1 Å². The average molecular weight is 338 g/mol. The lowest BCUT2D eigenvalue weighted by Gasteiger charge is -2.24. The van der Waals surface area contributed by atoms with Crippen molar-refractivity contribution in [1.82, 2.24) is 0 Å². The van der Waals surface area contributed by atoms with Crippen molar-refractivity contribution in [2.24, 2.45) is 10.7 Å². The van der Waals surface area contributed by atoms with Crippen LogP contribution in [0.4, 0.5) is 11.4 Å². The molecule has 2 aromatic carbocycles. The van der Waals surface area contributed by atoms with E-state index in [1.54, 1.807) is 0 Å². The Hall–Kier alpha value is -2.29. The number of nitrogens with zero attached hydrogens (tertiary/aromatic N) is 2. The van der Waals surface area contributed by atoms with Gasteiger partial charge in [0.25, 0.3) is 0 Å². The molecule has 2 N–H and O–H groups in total. The lowest BCUT2D eigenvalue weighted by molar-refractivity contribution is 0.590. The van der Waals surface area contributed by atoms with Crippen molar-refractivity contribution in [3.63, 3.8) is 0 Å². The fraction of sp³-hybridized carbons (Fsp3) is 0.409. The second kappa shape index (κ2) is 6.91. The van der Waals surface area contributed by atoms with E-state index in [1.165, 1.54) is 11.1 Å². The summed E-state index contributed by atoms with van der Waals surface area (Å²) in [6, 6.07) is 16.7. The van der Waals surface area contributed by atoms with Crippen molar-refractivity contribution in [2.45, 2.75) is 52.4 Å². The van der Waals surface area contributed by atoms with Crippen LogP contribution < -0.4 is 10.6 Å². The Kier molecular flexibility index (Phi) is 5.26. The molecule has 0 bridgehead atoms. The Morgan fingerprint density at radius 1 is 0.840 bits per heavy atom. The predicted molar refractivity (Wildman–Crippen MR) is 110 cm³/mol. The fourth-order valence-corrected chi connectivity index (χ4v) is 2.56. The van der Waals surface area contributed by atoms with E-state index in [0.717, 1.165) is 11.4 Å². The first-order valence-electron chi connectivity index (χ1n) is 8.77. The molecule has 0 aliphatic carbocycles. The Morgan fingerprint density at radius 2 is 1.36 bits per heavy atom. The van der Waals surface area contributed by atoms with Crippen LogP contribution >= 0.6 is 0 Å². The third-order valence-electron chi connectivity index (χ3n) is 4.40. The molecule has 0 radical (unpaired) electrons. The molecule has 0 atom stereocenters. The molecular formula is C22H31N3. The zero-order chi connectivity index (χ0) is 18.8. The van der Waals surface area contributed by atoms with Gasteiger partial charge in [0.2, 0.25) is 5.96 Å². The van der Waals surface area contributed by atoms with E-state index in [-0.39, 0.29) is 10.8 Å². The van der Waals surface area contributed by atoms with E-state index in [0.29, 0.717) is 5.96 Å². The minimum Gasteiger partial charge on any atom is -0.369 e. The third-order valence-corrected chi connectivity index (χ3v) is 4.40. The van der Waals surface area contributed by atoms with Gasteiger partial charge in [0.1, 0.15) is 0 Å². The quantitative estimate of drug-likeness (QED) is 0.592. The zero-order valence-electron chi connectivity index (χ0n) is 16.6. The number of benzene rings is 2. The number of anilines is 1. The van der Waals surface area contributed by atoms with Gasteiger partial charge >= 0.3 is 0 Å². The number of hydrogen-bond acceptors (Lipinski definition) is 1. The van der Waals surface area contributed by atoms with Gasteiger partial charge in [-0.2, -0.15) is 0 Å². The molecule has 0 aliphatic heterocycles. The van der Waals surface area contributed by atoms with Crippen molar-refractivity contribution >= 4 is 17.3 Å². The summed E-state index contributed by atoms with van der Waals surface area (Å²) in [6.45, 7) is 13.2. The summed E-state index contributed by atoms with van der Waals surface area (Å²) in [6.07, 6.45) is 0. The van der Waals surface area contributed by atoms with Gasteiger partial charge in [-0.15, -0.1) is 0 Å². The lowest BCUT2D eigenvalue weighted by Crippen LogP contribution is -2.33. The van der Waals surface area contributed by atoms with Crippen LogP contribution in [0, 0.1) is 0 Å². The lowest BCUT2D eigenvalue weighted by atomic mass is 9.87. The van der Waals surface area contributed by atoms with Crippen molar-refractivity contribution in [2.75, 3.05) is 11.9 Å². The monoisotopic (exact) mass is 337 g/mol. The van der Waals surface area contributed by atoms with Crippen LogP contribution in [0.5, 0.6) is 0 Å². The molecule has 0 aliphatic rings. The summed E-state index contributed by atoms with van der Waals surface area (Å²) in [7, 11) is 1.95. The van der Waals surface area contributed by atoms with Crippen molar-refractivity contribution < 1.29 is 0 Å². The highest BCUT2D eigenvalue weighted by Gasteiger charge is 2.16. The summed E-state index contributed by atoms with van der Waals surface area (Å²) in [5.41, 5.74) is 10.9. The van der Waals surface area contributed by atoms with Gasteiger partial charge < -0.3 is 10.6 Å². The first-order valence-corrected chi connectivity index (χ1v) is 8.77. The van der Waals surface area contributed by atoms with Crippen LogP contribution in [0.15, 0.2) is 53.5 Å². The predicted octanol–water partition coefficient (Wildman–Crippen LogP) is 5.36. The maximum Gasteiger partial charge on any atom is 0.200 e. The van der Waals surface area contributed by atoms with Crippen LogP contribution in [0.3, 0.4) is 0 Å². The van der Waals surface area contributed by atoms with Crippen molar-refractivity contribution in [3.05, 3.63) is 59.7 Å². The van der Waals surface area contributed by atoms with Gasteiger partial charge in [0.05, 0.1) is 5.69 Å². The summed E-state index contributed by atoms with van der Waals surface area (Å²) >= 11 is 0. The first kappa shape index (κ1) is 19.0. The number of nitrogens with two attached hydrogens (primary N) is 1. The van der Waals surface area contributed by atoms with Gasteiger partial charge in [-0.1, -0.05) is 65.8 Å². The normalized spacial score (nSPS) is 13.0. The molecule has 0 aromatic heterocycles. The first-order chi connectivity index (χ1) is 11.5. The molecule has 3 heteroatoms. The highest BCUT2D eigenvalue weighted by atomic mass is 15.2. The van der Waals surface area contributed by atoms with Crippen molar-refractivity contribution in [3.8, 4) is 0 Å². The zero-order valence-corrected chi connectivity index (χ0v) is 16.6. The molecule has 3 nitrogen and oxygen atoms in total. The molecule has 0 heterocycles. The minimum absolute atomic E-state index is 0.0905. The maximum absolute atomic E-state index is 6.28. The average Bonchev–Trinajstić information content (AvgIpc) is 2.53. The number of rotatable bonds is 2. The van der Waals surface area contributed by atoms with Crippen LogP contribution in [0.1, 0.15) is 52.7 Å². The summed E-state index contributed by atoms with van der Waals surface area (Å²) < 4.78 is 0. The molecule has 2 rings (SSSR count). The summed E-state index contributed by atoms with van der Waals surface area (Å²) in [4.78, 5) is 6.55. The van der Waals surface area contributed by atoms with Crippen LogP contribution in [0.25, 0.3) is 0 Å². The van der Waals surface area contributed by atoms with E-state index in [9.17, 15) is 0 Å². The number of aliphatic imine (C=N–C) groups is 1. The topological polar surface area (TPSA) is 41.6 Å². The molecular weight excluding hydrogens is 306 g/mol. The summed E-state index contributed by atoms with van der Waals surface area (Å²) in [5, 5.41) is 0. The molecule has 0 saturated heterocycles. The molecule has 0 amide bonds. The van der Waals surface area contributed by atoms with Gasteiger partial charge in [-0.25, -0.2) is 4.99 Å². The Morgan fingerprint density at radius 3 is 1.92 bits per heavy atom. The molecule has 2 aromatic rings. The van der Waals surface area contributed by atoms with Crippen LogP contribution in [0.2, 0.25) is 0 Å². The molecule has 134 valence electrons.